The molecule has 0 aromatic heterocycles. The Labute approximate surface area is 125 Å². The van der Waals surface area contributed by atoms with E-state index >= 15 is 0 Å². The lowest BCUT2D eigenvalue weighted by Crippen LogP contribution is -2.32. The third-order valence-corrected chi connectivity index (χ3v) is 4.73. The van der Waals surface area contributed by atoms with Crippen LogP contribution >= 0.6 is 11.6 Å². The predicted molar refractivity (Wildman–Crippen MR) is 82.9 cm³/mol. The van der Waals surface area contributed by atoms with Gasteiger partial charge in [0.05, 0.1) is 0 Å². The summed E-state index contributed by atoms with van der Waals surface area (Å²) in [5.41, 5.74) is 2.22. The van der Waals surface area contributed by atoms with Crippen LogP contribution in [0.15, 0.2) is 36.0 Å². The molecule has 0 unspecified atom stereocenters. The molecule has 106 valence electrons. The Balaban J connectivity index is 1.77. The van der Waals surface area contributed by atoms with Gasteiger partial charge in [-0.05, 0) is 42.9 Å². The molecule has 2 nitrogen and oxygen atoms in total. The van der Waals surface area contributed by atoms with Crippen LogP contribution in [-0.2, 0) is 4.79 Å². The monoisotopic (exact) mass is 289 g/mol. The smallest absolute Gasteiger partial charge is 0.157 e. The van der Waals surface area contributed by atoms with Gasteiger partial charge >= 0.3 is 0 Å². The number of ketones is 1. The van der Waals surface area contributed by atoms with Gasteiger partial charge in [-0.1, -0.05) is 36.9 Å². The van der Waals surface area contributed by atoms with Crippen molar-refractivity contribution >= 4 is 23.1 Å². The first-order chi connectivity index (χ1) is 9.65. The average molecular weight is 290 g/mol. The molecule has 0 radical (unpaired) electrons. The third kappa shape index (κ3) is 3.06. The quantitative estimate of drug-likeness (QED) is 0.834. The maximum absolute atomic E-state index is 12.1. The van der Waals surface area contributed by atoms with Crippen LogP contribution in [0.5, 0.6) is 0 Å². The number of carbonyl (C=O) groups excluding carboxylic acids is 1. The molecule has 3 rings (SSSR count). The molecule has 1 spiro atoms. The molecule has 3 heteroatoms. The molecule has 2 aliphatic rings. The van der Waals surface area contributed by atoms with Gasteiger partial charge in [0.1, 0.15) is 0 Å². The first-order valence-electron chi connectivity index (χ1n) is 7.41. The number of carbonyl (C=O) groups is 1. The molecule has 0 atom stereocenters. The van der Waals surface area contributed by atoms with Crippen molar-refractivity contribution in [3.8, 4) is 0 Å². The fourth-order valence-electron chi connectivity index (χ4n) is 3.62. The molecule has 0 saturated heterocycles. The summed E-state index contributed by atoms with van der Waals surface area (Å²) >= 11 is 6.01. The molecular weight excluding hydrogens is 270 g/mol. The Hall–Kier alpha value is -1.28. The second kappa shape index (κ2) is 5.61. The Morgan fingerprint density at radius 3 is 2.65 bits per heavy atom. The number of hydrogen-bond donors (Lipinski definition) is 1. The molecule has 0 bridgehead atoms. The highest BCUT2D eigenvalue weighted by Crippen LogP contribution is 2.46. The highest BCUT2D eigenvalue weighted by Gasteiger charge is 2.37. The van der Waals surface area contributed by atoms with Crippen molar-refractivity contribution in [3.63, 3.8) is 0 Å². The maximum atomic E-state index is 12.1. The van der Waals surface area contributed by atoms with Crippen LogP contribution in [0.4, 0.5) is 5.69 Å². The summed E-state index contributed by atoms with van der Waals surface area (Å²) in [4.78, 5) is 12.1. The zero-order chi connectivity index (χ0) is 14.0. The van der Waals surface area contributed by atoms with Crippen molar-refractivity contribution in [1.29, 1.82) is 0 Å². The minimum atomic E-state index is 0.213. The first-order valence-corrected chi connectivity index (χ1v) is 7.79. The lowest BCUT2D eigenvalue weighted by Gasteiger charge is -2.39. The minimum absolute atomic E-state index is 0.213. The van der Waals surface area contributed by atoms with Crippen LogP contribution in [0.25, 0.3) is 0 Å². The van der Waals surface area contributed by atoms with E-state index < -0.39 is 0 Å². The van der Waals surface area contributed by atoms with Gasteiger partial charge in [-0.25, -0.2) is 0 Å². The molecule has 1 aromatic rings. The maximum Gasteiger partial charge on any atom is 0.157 e. The molecule has 1 N–H and O–H groups in total. The minimum Gasteiger partial charge on any atom is -0.359 e. The molecule has 2 aliphatic carbocycles. The number of benzene rings is 1. The van der Waals surface area contributed by atoms with E-state index in [0.29, 0.717) is 5.02 Å². The van der Waals surface area contributed by atoms with Crippen LogP contribution in [0, 0.1) is 5.41 Å². The number of allylic oxidation sites excluding steroid dienone is 2. The normalized spacial score (nSPS) is 21.6. The number of rotatable bonds is 2. The zero-order valence-electron chi connectivity index (χ0n) is 11.6. The van der Waals surface area contributed by atoms with E-state index in [1.807, 2.05) is 24.3 Å². The Kier molecular flexibility index (Phi) is 3.84. The second-order valence-electron chi connectivity index (χ2n) is 6.19. The zero-order valence-corrected chi connectivity index (χ0v) is 12.4. The lowest BCUT2D eigenvalue weighted by molar-refractivity contribution is -0.118. The van der Waals surface area contributed by atoms with E-state index in [9.17, 15) is 4.79 Å². The molecular formula is C17H20ClNO. The van der Waals surface area contributed by atoms with Crippen molar-refractivity contribution in [2.24, 2.45) is 5.41 Å². The molecule has 1 saturated carbocycles. The molecule has 1 aromatic carbocycles. The summed E-state index contributed by atoms with van der Waals surface area (Å²) in [6.07, 6.45) is 9.71. The fourth-order valence-corrected chi connectivity index (χ4v) is 3.81. The van der Waals surface area contributed by atoms with E-state index in [-0.39, 0.29) is 11.2 Å². The predicted octanol–water partition coefficient (Wildman–Crippen LogP) is 4.95. The average Bonchev–Trinajstić information content (AvgIpc) is 2.38. The number of halogens is 1. The molecule has 1 fully saturated rings. The number of nitrogens with one attached hydrogen (secondary N) is 1. The van der Waals surface area contributed by atoms with Gasteiger partial charge in [0.25, 0.3) is 0 Å². The summed E-state index contributed by atoms with van der Waals surface area (Å²) in [6.45, 7) is 0. The highest BCUT2D eigenvalue weighted by atomic mass is 35.5. The van der Waals surface area contributed by atoms with Gasteiger partial charge < -0.3 is 5.32 Å². The van der Waals surface area contributed by atoms with Gasteiger partial charge in [0.15, 0.2) is 5.78 Å². The van der Waals surface area contributed by atoms with Gasteiger partial charge in [0.2, 0.25) is 0 Å². The summed E-state index contributed by atoms with van der Waals surface area (Å²) in [6, 6.07) is 7.66. The van der Waals surface area contributed by atoms with Crippen LogP contribution in [0.2, 0.25) is 5.02 Å². The SMILES string of the molecule is O=C1C=C(Nc2cccc(Cl)c2)CC2(CCCCC2)C1. The highest BCUT2D eigenvalue weighted by molar-refractivity contribution is 6.30. The van der Waals surface area contributed by atoms with E-state index in [1.54, 1.807) is 6.08 Å². The van der Waals surface area contributed by atoms with Gasteiger partial charge in [-0.3, -0.25) is 4.79 Å². The fraction of sp³-hybridized carbons (Fsp3) is 0.471. The van der Waals surface area contributed by atoms with Gasteiger partial charge in [0, 0.05) is 28.9 Å². The van der Waals surface area contributed by atoms with E-state index in [2.05, 4.69) is 5.32 Å². The second-order valence-corrected chi connectivity index (χ2v) is 6.62. The van der Waals surface area contributed by atoms with Crippen LogP contribution in [0.3, 0.4) is 0 Å². The van der Waals surface area contributed by atoms with Crippen LogP contribution in [-0.4, -0.2) is 5.78 Å². The Morgan fingerprint density at radius 2 is 1.90 bits per heavy atom. The molecule has 0 aliphatic heterocycles. The summed E-state index contributed by atoms with van der Waals surface area (Å²) < 4.78 is 0. The van der Waals surface area contributed by atoms with Crippen molar-refractivity contribution in [1.82, 2.24) is 0 Å². The van der Waals surface area contributed by atoms with Crippen molar-refractivity contribution in [2.45, 2.75) is 44.9 Å². The summed E-state index contributed by atoms with van der Waals surface area (Å²) in [5.74, 6) is 0.266. The van der Waals surface area contributed by atoms with Gasteiger partial charge in [-0.15, -0.1) is 0 Å². The van der Waals surface area contributed by atoms with Crippen molar-refractivity contribution < 1.29 is 4.79 Å². The van der Waals surface area contributed by atoms with Crippen LogP contribution < -0.4 is 5.32 Å². The van der Waals surface area contributed by atoms with Gasteiger partial charge in [-0.2, -0.15) is 0 Å². The Bertz CT molecular complexity index is 544. The molecule has 0 heterocycles. The third-order valence-electron chi connectivity index (χ3n) is 4.49. The lowest BCUT2D eigenvalue weighted by atomic mass is 9.66. The first kappa shape index (κ1) is 13.7. The largest absolute Gasteiger partial charge is 0.359 e. The van der Waals surface area contributed by atoms with E-state index in [1.165, 1.54) is 32.1 Å². The van der Waals surface area contributed by atoms with Crippen molar-refractivity contribution in [2.75, 3.05) is 5.32 Å². The van der Waals surface area contributed by atoms with Crippen LogP contribution in [0.1, 0.15) is 44.9 Å². The number of hydrogen-bond acceptors (Lipinski definition) is 2. The summed E-state index contributed by atoms with van der Waals surface area (Å²) in [5, 5.41) is 4.09. The standard InChI is InChI=1S/C17H20ClNO/c18-13-5-4-6-14(9-13)19-15-10-16(20)12-17(11-15)7-2-1-3-8-17/h4-6,9-10,19H,1-3,7-8,11-12H2. The Morgan fingerprint density at radius 1 is 1.10 bits per heavy atom. The van der Waals surface area contributed by atoms with E-state index in [0.717, 1.165) is 24.2 Å². The topological polar surface area (TPSA) is 29.1 Å². The molecule has 20 heavy (non-hydrogen) atoms. The number of anilines is 1. The summed E-state index contributed by atoms with van der Waals surface area (Å²) in [7, 11) is 0. The van der Waals surface area contributed by atoms with Crippen molar-refractivity contribution in [3.05, 3.63) is 41.1 Å². The van der Waals surface area contributed by atoms with E-state index in [4.69, 9.17) is 11.6 Å². The molecule has 0 amide bonds.